The van der Waals surface area contributed by atoms with E-state index < -0.39 is 0 Å². The number of hydrogen-bond donors (Lipinski definition) is 2. The summed E-state index contributed by atoms with van der Waals surface area (Å²) >= 11 is 1.36. The van der Waals surface area contributed by atoms with Gasteiger partial charge in [-0.15, -0.1) is 11.3 Å². The van der Waals surface area contributed by atoms with E-state index >= 15 is 0 Å². The Bertz CT molecular complexity index is 881. The number of anilines is 2. The average molecular weight is 369 g/mol. The van der Waals surface area contributed by atoms with Crippen LogP contribution in [0.5, 0.6) is 11.5 Å². The minimum absolute atomic E-state index is 0.203. The highest BCUT2D eigenvalue weighted by Crippen LogP contribution is 2.31. The smallest absolute Gasteiger partial charge is 0.271 e. The Labute approximate surface area is 155 Å². The lowest BCUT2D eigenvalue weighted by Crippen LogP contribution is -2.23. The third-order valence-electron chi connectivity index (χ3n) is 3.67. The largest absolute Gasteiger partial charge is 0.493 e. The van der Waals surface area contributed by atoms with Gasteiger partial charge in [0.05, 0.1) is 14.2 Å². The van der Waals surface area contributed by atoms with Crippen LogP contribution in [0.1, 0.15) is 16.1 Å². The number of methoxy groups -OCH3 is 2. The summed E-state index contributed by atoms with van der Waals surface area (Å²) < 4.78 is 10.5. The summed E-state index contributed by atoms with van der Waals surface area (Å²) in [6.07, 6.45) is 0. The van der Waals surface area contributed by atoms with Crippen LogP contribution in [-0.2, 0) is 6.54 Å². The summed E-state index contributed by atoms with van der Waals surface area (Å²) in [6, 6.07) is 15.2. The Kier molecular flexibility index (Phi) is 5.70. The van der Waals surface area contributed by atoms with E-state index in [0.29, 0.717) is 28.9 Å². The van der Waals surface area contributed by atoms with Gasteiger partial charge in [0.25, 0.3) is 5.91 Å². The van der Waals surface area contributed by atoms with E-state index in [0.717, 1.165) is 11.3 Å². The van der Waals surface area contributed by atoms with Crippen LogP contribution in [0, 0.1) is 0 Å². The number of benzene rings is 2. The molecule has 0 radical (unpaired) electrons. The van der Waals surface area contributed by atoms with Crippen LogP contribution in [0.3, 0.4) is 0 Å². The number of carbonyl (C=O) groups is 1. The van der Waals surface area contributed by atoms with Crippen molar-refractivity contribution in [1.29, 1.82) is 0 Å². The number of rotatable bonds is 7. The van der Waals surface area contributed by atoms with E-state index in [2.05, 4.69) is 15.6 Å². The molecule has 0 saturated heterocycles. The first-order chi connectivity index (χ1) is 12.7. The number of ether oxygens (including phenoxy) is 2. The normalized spacial score (nSPS) is 10.2. The van der Waals surface area contributed by atoms with Crippen molar-refractivity contribution in [3.05, 3.63) is 65.2 Å². The molecule has 0 aliphatic rings. The minimum atomic E-state index is -0.203. The van der Waals surface area contributed by atoms with E-state index in [1.54, 1.807) is 19.6 Å². The third kappa shape index (κ3) is 4.31. The summed E-state index contributed by atoms with van der Waals surface area (Å²) in [4.78, 5) is 16.6. The first-order valence-electron chi connectivity index (χ1n) is 7.96. The number of nitrogens with one attached hydrogen (secondary N) is 2. The molecule has 26 heavy (non-hydrogen) atoms. The van der Waals surface area contributed by atoms with Crippen molar-refractivity contribution >= 4 is 28.1 Å². The van der Waals surface area contributed by atoms with Crippen molar-refractivity contribution in [2.45, 2.75) is 6.54 Å². The summed E-state index contributed by atoms with van der Waals surface area (Å²) in [5, 5.41) is 8.39. The number of nitrogens with zero attached hydrogens (tertiary/aromatic N) is 1. The molecule has 3 rings (SSSR count). The summed E-state index contributed by atoms with van der Waals surface area (Å²) in [6.45, 7) is 0.468. The maximum atomic E-state index is 12.2. The van der Waals surface area contributed by atoms with E-state index in [1.807, 2.05) is 48.5 Å². The van der Waals surface area contributed by atoms with Crippen LogP contribution in [0.15, 0.2) is 53.9 Å². The third-order valence-corrected chi connectivity index (χ3v) is 4.43. The number of hydrogen-bond acceptors (Lipinski definition) is 6. The van der Waals surface area contributed by atoms with Gasteiger partial charge < -0.3 is 20.1 Å². The molecule has 6 nitrogen and oxygen atoms in total. The monoisotopic (exact) mass is 369 g/mol. The second-order valence-corrected chi connectivity index (χ2v) is 6.26. The quantitative estimate of drug-likeness (QED) is 0.662. The van der Waals surface area contributed by atoms with Crippen LogP contribution in [0.4, 0.5) is 10.8 Å². The zero-order valence-corrected chi connectivity index (χ0v) is 15.3. The Morgan fingerprint density at radius 2 is 1.85 bits per heavy atom. The summed E-state index contributed by atoms with van der Waals surface area (Å²) in [5.41, 5.74) is 2.22. The molecule has 2 N–H and O–H groups in total. The van der Waals surface area contributed by atoms with Gasteiger partial charge in [0, 0.05) is 23.7 Å². The lowest BCUT2D eigenvalue weighted by atomic mass is 10.2. The number of thiazole rings is 1. The molecule has 2 aromatic carbocycles. The van der Waals surface area contributed by atoms with E-state index in [9.17, 15) is 4.79 Å². The van der Waals surface area contributed by atoms with Gasteiger partial charge in [-0.2, -0.15) is 0 Å². The SMILES string of the molecule is COc1ccc(Nc2nc(C(=O)NCc3ccccc3)cs2)cc1OC. The highest BCUT2D eigenvalue weighted by Gasteiger charge is 2.11. The molecule has 0 spiro atoms. The number of carbonyl (C=O) groups excluding carboxylic acids is 1. The minimum Gasteiger partial charge on any atom is -0.493 e. The van der Waals surface area contributed by atoms with Crippen molar-refractivity contribution in [3.8, 4) is 11.5 Å². The maximum Gasteiger partial charge on any atom is 0.271 e. The van der Waals surface area contributed by atoms with Gasteiger partial charge in [-0.3, -0.25) is 4.79 Å². The van der Waals surface area contributed by atoms with Crippen molar-refractivity contribution in [2.75, 3.05) is 19.5 Å². The predicted molar refractivity (Wildman–Crippen MR) is 103 cm³/mol. The highest BCUT2D eigenvalue weighted by molar-refractivity contribution is 7.14. The second-order valence-electron chi connectivity index (χ2n) is 5.40. The van der Waals surface area contributed by atoms with Crippen LogP contribution in [0.25, 0.3) is 0 Å². The number of amides is 1. The molecule has 0 aliphatic carbocycles. The van der Waals surface area contributed by atoms with Crippen molar-refractivity contribution in [2.24, 2.45) is 0 Å². The van der Waals surface area contributed by atoms with Gasteiger partial charge in [0.15, 0.2) is 16.6 Å². The summed E-state index contributed by atoms with van der Waals surface area (Å²) in [7, 11) is 3.17. The first kappa shape index (κ1) is 17.8. The standard InChI is InChI=1S/C19H19N3O3S/c1-24-16-9-8-14(10-17(16)25-2)21-19-22-15(12-26-19)18(23)20-11-13-6-4-3-5-7-13/h3-10,12H,11H2,1-2H3,(H,20,23)(H,21,22). The van der Waals surface area contributed by atoms with E-state index in [1.165, 1.54) is 11.3 Å². The van der Waals surface area contributed by atoms with Crippen LogP contribution in [0.2, 0.25) is 0 Å². The Balaban J connectivity index is 1.63. The maximum absolute atomic E-state index is 12.2. The van der Waals surface area contributed by atoms with Gasteiger partial charge in [-0.05, 0) is 17.7 Å². The molecule has 0 saturated carbocycles. The van der Waals surface area contributed by atoms with Crippen LogP contribution in [-0.4, -0.2) is 25.1 Å². The second kappa shape index (κ2) is 8.35. The summed E-state index contributed by atoms with van der Waals surface area (Å²) in [5.74, 6) is 1.07. The van der Waals surface area contributed by atoms with Gasteiger partial charge in [0.2, 0.25) is 0 Å². The van der Waals surface area contributed by atoms with Gasteiger partial charge in [0.1, 0.15) is 5.69 Å². The Hall–Kier alpha value is -3.06. The molecule has 3 aromatic rings. The fraction of sp³-hybridized carbons (Fsp3) is 0.158. The average Bonchev–Trinajstić information content (AvgIpc) is 3.15. The van der Waals surface area contributed by atoms with Crippen LogP contribution < -0.4 is 20.1 Å². The van der Waals surface area contributed by atoms with E-state index in [-0.39, 0.29) is 5.91 Å². The lowest BCUT2D eigenvalue weighted by molar-refractivity contribution is 0.0946. The molecule has 1 heterocycles. The molecule has 134 valence electrons. The fourth-order valence-electron chi connectivity index (χ4n) is 2.34. The molecule has 0 bridgehead atoms. The molecule has 0 atom stereocenters. The zero-order chi connectivity index (χ0) is 18.4. The van der Waals surface area contributed by atoms with Crippen molar-refractivity contribution < 1.29 is 14.3 Å². The lowest BCUT2D eigenvalue weighted by Gasteiger charge is -2.09. The molecule has 1 aromatic heterocycles. The highest BCUT2D eigenvalue weighted by atomic mass is 32.1. The zero-order valence-electron chi connectivity index (χ0n) is 14.5. The topological polar surface area (TPSA) is 72.5 Å². The van der Waals surface area contributed by atoms with Crippen molar-refractivity contribution in [3.63, 3.8) is 0 Å². The molecular weight excluding hydrogens is 350 g/mol. The molecule has 7 heteroatoms. The predicted octanol–water partition coefficient (Wildman–Crippen LogP) is 3.83. The molecule has 1 amide bonds. The first-order valence-corrected chi connectivity index (χ1v) is 8.84. The van der Waals surface area contributed by atoms with Gasteiger partial charge in [-0.25, -0.2) is 4.98 Å². The van der Waals surface area contributed by atoms with Gasteiger partial charge >= 0.3 is 0 Å². The number of aromatic nitrogens is 1. The fourth-order valence-corrected chi connectivity index (χ4v) is 3.05. The van der Waals surface area contributed by atoms with Crippen molar-refractivity contribution in [1.82, 2.24) is 10.3 Å². The molecule has 0 fully saturated rings. The molecule has 0 unspecified atom stereocenters. The Morgan fingerprint density at radius 1 is 1.08 bits per heavy atom. The molecule has 0 aliphatic heterocycles. The van der Waals surface area contributed by atoms with Crippen LogP contribution >= 0.6 is 11.3 Å². The van der Waals surface area contributed by atoms with E-state index in [4.69, 9.17) is 9.47 Å². The molecular formula is C19H19N3O3S. The Morgan fingerprint density at radius 3 is 2.58 bits per heavy atom. The van der Waals surface area contributed by atoms with Gasteiger partial charge in [-0.1, -0.05) is 30.3 Å².